The summed E-state index contributed by atoms with van der Waals surface area (Å²) in [6.45, 7) is 3.98. The maximum absolute atomic E-state index is 16.2. The van der Waals surface area contributed by atoms with Crippen molar-refractivity contribution in [2.75, 3.05) is 53.5 Å². The van der Waals surface area contributed by atoms with Crippen molar-refractivity contribution in [3.63, 3.8) is 0 Å². The highest BCUT2D eigenvalue weighted by atomic mass is 19.1. The molecule has 10 nitrogen and oxygen atoms in total. The molecule has 0 bridgehead atoms. The number of rotatable bonds is 13. The lowest BCUT2D eigenvalue weighted by molar-refractivity contribution is 0.197. The number of hydrogen-bond acceptors (Lipinski definition) is 6. The highest BCUT2D eigenvalue weighted by Crippen LogP contribution is 2.42. The van der Waals surface area contributed by atoms with Crippen LogP contribution >= 0.6 is 0 Å². The van der Waals surface area contributed by atoms with Gasteiger partial charge in [-0.3, -0.25) is 0 Å². The Balaban J connectivity index is 0.823. The zero-order valence-corrected chi connectivity index (χ0v) is 31.7. The van der Waals surface area contributed by atoms with Gasteiger partial charge in [0, 0.05) is 64.5 Å². The van der Waals surface area contributed by atoms with E-state index in [4.69, 9.17) is 19.4 Å². The molecule has 0 radical (unpaired) electrons. The van der Waals surface area contributed by atoms with E-state index in [0.29, 0.717) is 47.8 Å². The Morgan fingerprint density at radius 1 is 0.509 bits per heavy atom. The van der Waals surface area contributed by atoms with Crippen molar-refractivity contribution in [2.45, 2.75) is 0 Å². The van der Waals surface area contributed by atoms with Crippen LogP contribution in [0.15, 0.2) is 115 Å². The number of ether oxygens (including phenoxy) is 2. The number of imidazole rings is 2. The maximum Gasteiger partial charge on any atom is 0.169 e. The molecule has 11 heteroatoms. The molecule has 10 aromatic rings. The molecule has 0 spiro atoms. The Labute approximate surface area is 327 Å². The SMILES string of the molecule is CN(CCOc1c2[nH]c(-c3ccccc3)nc2c(F)c2c1[nH]c1ccccc12)CCN(C)CCOc1c2nc(-c3ccccc3)[nH]c2cc2[nH]c3ccccc3c12. The molecule has 0 saturated heterocycles. The smallest absolute Gasteiger partial charge is 0.169 e. The topological polar surface area (TPSA) is 114 Å². The predicted octanol–water partition coefficient (Wildman–Crippen LogP) is 9.50. The normalized spacial score (nSPS) is 12.2. The molecule has 4 aromatic heterocycles. The summed E-state index contributed by atoms with van der Waals surface area (Å²) >= 11 is 0. The van der Waals surface area contributed by atoms with Crippen molar-refractivity contribution < 1.29 is 13.9 Å². The number of nitrogens with zero attached hydrogens (tertiary/aromatic N) is 4. The minimum Gasteiger partial charge on any atom is -0.489 e. The average molecular weight is 757 g/mol. The van der Waals surface area contributed by atoms with E-state index in [2.05, 4.69) is 80.2 Å². The minimum atomic E-state index is -0.365. The van der Waals surface area contributed by atoms with Crippen LogP contribution in [-0.2, 0) is 0 Å². The summed E-state index contributed by atoms with van der Waals surface area (Å²) in [5.74, 6) is 2.40. The predicted molar refractivity (Wildman–Crippen MR) is 228 cm³/mol. The highest BCUT2D eigenvalue weighted by Gasteiger charge is 2.24. The third kappa shape index (κ3) is 6.30. The van der Waals surface area contributed by atoms with Gasteiger partial charge in [-0.2, -0.15) is 0 Å². The summed E-state index contributed by atoms with van der Waals surface area (Å²) in [4.78, 5) is 28.2. The first-order valence-electron chi connectivity index (χ1n) is 19.3. The summed E-state index contributed by atoms with van der Waals surface area (Å²) in [6, 6.07) is 38.1. The number of halogens is 1. The van der Waals surface area contributed by atoms with Crippen LogP contribution in [0.5, 0.6) is 11.5 Å². The van der Waals surface area contributed by atoms with E-state index in [0.717, 1.165) is 86.1 Å². The molecule has 0 aliphatic rings. The first kappa shape index (κ1) is 34.8. The summed E-state index contributed by atoms with van der Waals surface area (Å²) in [7, 11) is 4.20. The molecular formula is C46H41FN8O2. The van der Waals surface area contributed by atoms with Gasteiger partial charge in [0.2, 0.25) is 0 Å². The number of likely N-dealkylation sites (N-methyl/N-ethyl adjacent to an activating group) is 2. The molecule has 0 aliphatic carbocycles. The number of fused-ring (bicyclic) bond motifs is 8. The van der Waals surface area contributed by atoms with Gasteiger partial charge in [-0.25, -0.2) is 14.4 Å². The lowest BCUT2D eigenvalue weighted by Gasteiger charge is -2.22. The van der Waals surface area contributed by atoms with Crippen LogP contribution in [0.3, 0.4) is 0 Å². The van der Waals surface area contributed by atoms with Crippen molar-refractivity contribution in [1.82, 2.24) is 39.7 Å². The van der Waals surface area contributed by atoms with Crippen molar-refractivity contribution in [1.29, 1.82) is 0 Å². The molecule has 284 valence electrons. The van der Waals surface area contributed by atoms with Crippen molar-refractivity contribution in [3.8, 4) is 34.3 Å². The maximum atomic E-state index is 16.2. The summed E-state index contributed by atoms with van der Waals surface area (Å²) in [5.41, 5.74) is 8.01. The fourth-order valence-corrected chi connectivity index (χ4v) is 7.85. The number of nitrogens with one attached hydrogen (secondary N) is 4. The lowest BCUT2D eigenvalue weighted by atomic mass is 10.1. The van der Waals surface area contributed by atoms with E-state index >= 15 is 4.39 Å². The third-order valence-electron chi connectivity index (χ3n) is 10.9. The van der Waals surface area contributed by atoms with Gasteiger partial charge in [0.1, 0.15) is 41.4 Å². The van der Waals surface area contributed by atoms with E-state index in [9.17, 15) is 0 Å². The molecule has 4 N–H and O–H groups in total. The second-order valence-electron chi connectivity index (χ2n) is 14.7. The van der Waals surface area contributed by atoms with Gasteiger partial charge in [-0.1, -0.05) is 97.1 Å². The van der Waals surface area contributed by atoms with Gasteiger partial charge < -0.3 is 39.2 Å². The molecule has 57 heavy (non-hydrogen) atoms. The molecule has 10 rings (SSSR count). The van der Waals surface area contributed by atoms with Crippen LogP contribution in [-0.4, -0.2) is 93.2 Å². The zero-order chi connectivity index (χ0) is 38.5. The van der Waals surface area contributed by atoms with E-state index in [-0.39, 0.29) is 11.3 Å². The standard InChI is InChI=1S/C46H41FN8O2/c1-54(23-25-56-43-36-30-17-9-11-19-32(30)48-34(36)27-35-39(43)51-45(50-35)28-13-5-3-6-14-28)21-22-55(2)24-26-57-44-40-37(31-18-10-12-20-33(31)49-40)38(47)41-42(44)53-46(52-41)29-15-7-4-8-16-29/h3-20,27,48-49H,21-26H2,1-2H3,(H,50,51)(H,52,53). The third-order valence-corrected chi connectivity index (χ3v) is 10.9. The molecule has 0 aliphatic heterocycles. The Hall–Kier alpha value is -6.69. The Kier molecular flexibility index (Phi) is 8.80. The van der Waals surface area contributed by atoms with Gasteiger partial charge in [0.15, 0.2) is 17.3 Å². The lowest BCUT2D eigenvalue weighted by Crippen LogP contribution is -2.34. The molecule has 0 saturated carbocycles. The zero-order valence-electron chi connectivity index (χ0n) is 31.7. The number of aromatic amines is 4. The van der Waals surface area contributed by atoms with Gasteiger partial charge in [-0.05, 0) is 32.3 Å². The van der Waals surface area contributed by atoms with Crippen LogP contribution in [0, 0.1) is 5.82 Å². The summed E-state index contributed by atoms with van der Waals surface area (Å²) < 4.78 is 29.4. The Morgan fingerprint density at radius 2 is 1.05 bits per heavy atom. The van der Waals surface area contributed by atoms with Crippen molar-refractivity contribution in [3.05, 3.63) is 121 Å². The van der Waals surface area contributed by atoms with E-state index in [1.54, 1.807) is 0 Å². The number of H-pyrrole nitrogens is 4. The first-order valence-corrected chi connectivity index (χ1v) is 19.3. The molecule has 0 fully saturated rings. The van der Waals surface area contributed by atoms with Crippen LogP contribution in [0.1, 0.15) is 0 Å². The molecule has 4 heterocycles. The van der Waals surface area contributed by atoms with Crippen LogP contribution in [0.2, 0.25) is 0 Å². The fraction of sp³-hybridized carbons (Fsp3) is 0.174. The molecule has 6 aromatic carbocycles. The Bertz CT molecular complexity index is 3040. The highest BCUT2D eigenvalue weighted by molar-refractivity contribution is 6.16. The Morgan fingerprint density at radius 3 is 1.72 bits per heavy atom. The van der Waals surface area contributed by atoms with Crippen LogP contribution in [0.25, 0.3) is 88.5 Å². The average Bonchev–Trinajstić information content (AvgIpc) is 4.05. The number of benzene rings is 6. The molecule has 0 unspecified atom stereocenters. The molecule has 0 atom stereocenters. The van der Waals surface area contributed by atoms with Crippen LogP contribution in [0.4, 0.5) is 4.39 Å². The van der Waals surface area contributed by atoms with Gasteiger partial charge in [-0.15, -0.1) is 0 Å². The minimum absolute atomic E-state index is 0.267. The van der Waals surface area contributed by atoms with Gasteiger partial charge in [0.05, 0.1) is 21.9 Å². The number of hydrogen-bond donors (Lipinski definition) is 4. The van der Waals surface area contributed by atoms with E-state index in [1.807, 2.05) is 78.9 Å². The molecule has 0 amide bonds. The summed E-state index contributed by atoms with van der Waals surface area (Å²) in [5, 5.41) is 3.44. The fourth-order valence-electron chi connectivity index (χ4n) is 7.85. The van der Waals surface area contributed by atoms with E-state index in [1.165, 1.54) is 0 Å². The first-order chi connectivity index (χ1) is 28.0. The largest absolute Gasteiger partial charge is 0.489 e. The number of aromatic nitrogens is 6. The van der Waals surface area contributed by atoms with Gasteiger partial charge in [0.25, 0.3) is 0 Å². The second kappa shape index (κ2) is 14.4. The number of para-hydroxylation sites is 2. The quantitative estimate of drug-likeness (QED) is 0.0933. The second-order valence-corrected chi connectivity index (χ2v) is 14.7. The van der Waals surface area contributed by atoms with E-state index < -0.39 is 0 Å². The molecular weight excluding hydrogens is 716 g/mol. The van der Waals surface area contributed by atoms with Crippen LogP contribution < -0.4 is 9.47 Å². The van der Waals surface area contributed by atoms with Crippen molar-refractivity contribution in [2.24, 2.45) is 0 Å². The summed E-state index contributed by atoms with van der Waals surface area (Å²) in [6.07, 6.45) is 0. The van der Waals surface area contributed by atoms with Crippen molar-refractivity contribution >= 4 is 65.7 Å². The van der Waals surface area contributed by atoms with Gasteiger partial charge >= 0.3 is 0 Å². The monoisotopic (exact) mass is 756 g/mol.